The Balaban J connectivity index is 1.19. The van der Waals surface area contributed by atoms with Crippen LogP contribution < -0.4 is 5.32 Å². The number of piperazine rings is 1. The van der Waals surface area contributed by atoms with Gasteiger partial charge in [-0.2, -0.15) is 0 Å². The zero-order valence-electron chi connectivity index (χ0n) is 19.4. The predicted molar refractivity (Wildman–Crippen MR) is 129 cm³/mol. The summed E-state index contributed by atoms with van der Waals surface area (Å²) in [6.45, 7) is 8.22. The van der Waals surface area contributed by atoms with Crippen LogP contribution in [0.3, 0.4) is 0 Å². The first-order valence-electron chi connectivity index (χ1n) is 11.8. The normalized spacial score (nSPS) is 18.2. The molecule has 4 rings (SSSR count). The number of carbonyl (C=O) groups excluding carboxylic acids is 2. The molecule has 0 saturated carbocycles. The number of ether oxygens (including phenoxy) is 1. The molecule has 0 aliphatic carbocycles. The van der Waals surface area contributed by atoms with Gasteiger partial charge in [0.05, 0.1) is 26.3 Å². The van der Waals surface area contributed by atoms with E-state index < -0.39 is 0 Å². The molecule has 2 aliphatic heterocycles. The molecule has 1 unspecified atom stereocenters. The molecule has 1 N–H and O–H groups in total. The van der Waals surface area contributed by atoms with Crippen molar-refractivity contribution < 1.29 is 14.3 Å². The number of benzene rings is 2. The minimum atomic E-state index is 0.0891. The molecule has 33 heavy (non-hydrogen) atoms. The lowest BCUT2D eigenvalue weighted by Gasteiger charge is -2.36. The molecule has 0 radical (unpaired) electrons. The minimum absolute atomic E-state index is 0.0891. The lowest BCUT2D eigenvalue weighted by atomic mass is 10.0. The second kappa shape index (κ2) is 11.4. The molecule has 176 valence electrons. The summed E-state index contributed by atoms with van der Waals surface area (Å²) < 4.78 is 5.31. The van der Waals surface area contributed by atoms with Gasteiger partial charge in [0, 0.05) is 45.3 Å². The van der Waals surface area contributed by atoms with E-state index >= 15 is 0 Å². The topological polar surface area (TPSA) is 65.1 Å². The number of hydrogen-bond acceptors (Lipinski definition) is 5. The Morgan fingerprint density at radius 1 is 0.818 bits per heavy atom. The van der Waals surface area contributed by atoms with Crippen molar-refractivity contribution in [2.24, 2.45) is 0 Å². The first kappa shape index (κ1) is 23.4. The highest BCUT2D eigenvalue weighted by atomic mass is 16.5. The van der Waals surface area contributed by atoms with Crippen molar-refractivity contribution in [1.82, 2.24) is 20.0 Å². The molecule has 0 bridgehead atoms. The standard InChI is InChI=1S/C26H34N4O3/c1-21(22-7-9-24(10-8-22)23-5-3-2-4-6-23)27-19-25(31)29-13-11-28(12-14-29)20-26(32)30-15-17-33-18-16-30/h2-10,21,27H,11-20H2,1H3. The fraction of sp³-hybridized carbons (Fsp3) is 0.462. The average Bonchev–Trinajstić information content (AvgIpc) is 2.88. The Hall–Kier alpha value is -2.74. The first-order chi connectivity index (χ1) is 16.1. The molecule has 2 aliphatic rings. The summed E-state index contributed by atoms with van der Waals surface area (Å²) in [7, 11) is 0. The maximum Gasteiger partial charge on any atom is 0.236 e. The first-order valence-corrected chi connectivity index (χ1v) is 11.8. The predicted octanol–water partition coefficient (Wildman–Crippen LogP) is 2.01. The van der Waals surface area contributed by atoms with Gasteiger partial charge < -0.3 is 19.9 Å². The largest absolute Gasteiger partial charge is 0.378 e. The highest BCUT2D eigenvalue weighted by Crippen LogP contribution is 2.21. The van der Waals surface area contributed by atoms with Crippen molar-refractivity contribution in [3.8, 4) is 11.1 Å². The van der Waals surface area contributed by atoms with Gasteiger partial charge in [0.2, 0.25) is 11.8 Å². The fourth-order valence-electron chi connectivity index (χ4n) is 4.32. The van der Waals surface area contributed by atoms with Crippen LogP contribution in [-0.4, -0.2) is 92.1 Å². The second-order valence-electron chi connectivity index (χ2n) is 8.74. The van der Waals surface area contributed by atoms with E-state index in [1.807, 2.05) is 28.0 Å². The van der Waals surface area contributed by atoms with Gasteiger partial charge in [0.1, 0.15) is 0 Å². The minimum Gasteiger partial charge on any atom is -0.378 e. The van der Waals surface area contributed by atoms with Gasteiger partial charge in [-0.3, -0.25) is 14.5 Å². The van der Waals surface area contributed by atoms with Gasteiger partial charge in [-0.25, -0.2) is 0 Å². The molecule has 2 fully saturated rings. The zero-order valence-corrected chi connectivity index (χ0v) is 19.4. The number of rotatable bonds is 7. The molecule has 2 heterocycles. The van der Waals surface area contributed by atoms with E-state index in [2.05, 4.69) is 53.5 Å². The number of nitrogens with zero attached hydrogens (tertiary/aromatic N) is 3. The summed E-state index contributed by atoms with van der Waals surface area (Å²) in [6.07, 6.45) is 0. The second-order valence-corrected chi connectivity index (χ2v) is 8.74. The number of amides is 2. The van der Waals surface area contributed by atoms with E-state index in [9.17, 15) is 9.59 Å². The van der Waals surface area contributed by atoms with Crippen molar-refractivity contribution in [3.63, 3.8) is 0 Å². The van der Waals surface area contributed by atoms with Crippen LogP contribution in [0.15, 0.2) is 54.6 Å². The van der Waals surface area contributed by atoms with Gasteiger partial charge in [-0.05, 0) is 23.6 Å². The average molecular weight is 451 g/mol. The Morgan fingerprint density at radius 2 is 1.42 bits per heavy atom. The Morgan fingerprint density at radius 3 is 2.09 bits per heavy atom. The number of morpholine rings is 1. The van der Waals surface area contributed by atoms with Gasteiger partial charge in [-0.1, -0.05) is 54.6 Å². The molecule has 2 amide bonds. The third-order valence-electron chi connectivity index (χ3n) is 6.52. The van der Waals surface area contributed by atoms with Crippen molar-refractivity contribution in [1.29, 1.82) is 0 Å². The van der Waals surface area contributed by atoms with E-state index in [0.717, 1.165) is 18.7 Å². The van der Waals surface area contributed by atoms with E-state index in [4.69, 9.17) is 4.74 Å². The molecule has 7 heteroatoms. The van der Waals surface area contributed by atoms with Crippen LogP contribution in [0.5, 0.6) is 0 Å². The Kier molecular flexibility index (Phi) is 8.10. The molecule has 2 aromatic carbocycles. The molecule has 0 spiro atoms. The summed E-state index contributed by atoms with van der Waals surface area (Å²) in [4.78, 5) is 31.1. The van der Waals surface area contributed by atoms with Crippen LogP contribution in [0, 0.1) is 0 Å². The van der Waals surface area contributed by atoms with E-state index in [0.29, 0.717) is 52.5 Å². The molecular formula is C26H34N4O3. The van der Waals surface area contributed by atoms with Crippen molar-refractivity contribution in [3.05, 3.63) is 60.2 Å². The molecule has 2 aromatic rings. The van der Waals surface area contributed by atoms with E-state index in [1.54, 1.807) is 0 Å². The summed E-state index contributed by atoms with van der Waals surface area (Å²) in [6, 6.07) is 18.9. The van der Waals surface area contributed by atoms with Crippen LogP contribution in [0.2, 0.25) is 0 Å². The van der Waals surface area contributed by atoms with Crippen molar-refractivity contribution in [2.75, 3.05) is 65.6 Å². The molecule has 1 atom stereocenters. The van der Waals surface area contributed by atoms with Crippen molar-refractivity contribution >= 4 is 11.8 Å². The Bertz CT molecular complexity index is 905. The van der Waals surface area contributed by atoms with Crippen molar-refractivity contribution in [2.45, 2.75) is 13.0 Å². The smallest absolute Gasteiger partial charge is 0.236 e. The van der Waals surface area contributed by atoms with Crippen LogP contribution in [0.25, 0.3) is 11.1 Å². The number of carbonyl (C=O) groups is 2. The number of hydrogen-bond donors (Lipinski definition) is 1. The lowest BCUT2D eigenvalue weighted by Crippen LogP contribution is -2.53. The van der Waals surface area contributed by atoms with Crippen LogP contribution in [0.1, 0.15) is 18.5 Å². The molecular weight excluding hydrogens is 416 g/mol. The monoisotopic (exact) mass is 450 g/mol. The van der Waals surface area contributed by atoms with Gasteiger partial charge in [-0.15, -0.1) is 0 Å². The molecule has 0 aromatic heterocycles. The SMILES string of the molecule is CC(NCC(=O)N1CCN(CC(=O)N2CCOCC2)CC1)c1ccc(-c2ccccc2)cc1. The molecule has 7 nitrogen and oxygen atoms in total. The summed E-state index contributed by atoms with van der Waals surface area (Å²) in [5.74, 6) is 0.272. The quantitative estimate of drug-likeness (QED) is 0.699. The summed E-state index contributed by atoms with van der Waals surface area (Å²) in [5.41, 5.74) is 3.55. The highest BCUT2D eigenvalue weighted by Gasteiger charge is 2.25. The maximum atomic E-state index is 12.7. The highest BCUT2D eigenvalue weighted by molar-refractivity contribution is 5.79. The lowest BCUT2D eigenvalue weighted by molar-refractivity contribution is -0.137. The van der Waals surface area contributed by atoms with Gasteiger partial charge in [0.15, 0.2) is 0 Å². The third-order valence-corrected chi connectivity index (χ3v) is 6.52. The fourth-order valence-corrected chi connectivity index (χ4v) is 4.32. The zero-order chi connectivity index (χ0) is 23.0. The van der Waals surface area contributed by atoms with Crippen LogP contribution in [0.4, 0.5) is 0 Å². The van der Waals surface area contributed by atoms with Crippen LogP contribution in [-0.2, 0) is 14.3 Å². The summed E-state index contributed by atoms with van der Waals surface area (Å²) >= 11 is 0. The van der Waals surface area contributed by atoms with Gasteiger partial charge >= 0.3 is 0 Å². The Labute approximate surface area is 196 Å². The van der Waals surface area contributed by atoms with Crippen LogP contribution >= 0.6 is 0 Å². The van der Waals surface area contributed by atoms with Gasteiger partial charge in [0.25, 0.3) is 0 Å². The maximum absolute atomic E-state index is 12.7. The summed E-state index contributed by atoms with van der Waals surface area (Å²) in [5, 5.41) is 3.36. The van der Waals surface area contributed by atoms with E-state index in [1.165, 1.54) is 11.1 Å². The molecule has 2 saturated heterocycles. The van der Waals surface area contributed by atoms with E-state index in [-0.39, 0.29) is 17.9 Å². The number of nitrogens with one attached hydrogen (secondary N) is 1. The third kappa shape index (κ3) is 6.41.